The molecule has 4 nitrogen and oxygen atoms in total. The van der Waals surface area contributed by atoms with Gasteiger partial charge in [-0.25, -0.2) is 0 Å². The molecule has 19 heavy (non-hydrogen) atoms. The number of ether oxygens (including phenoxy) is 2. The van der Waals surface area contributed by atoms with Gasteiger partial charge < -0.3 is 9.47 Å². The summed E-state index contributed by atoms with van der Waals surface area (Å²) in [5.41, 5.74) is 1.26. The number of hydrogen-bond acceptors (Lipinski definition) is 3. The number of rotatable bonds is 6. The van der Waals surface area contributed by atoms with Crippen LogP contribution in [0.2, 0.25) is 0 Å². The molecule has 1 heterocycles. The molecule has 0 radical (unpaired) electrons. The number of hydrogen-bond donors (Lipinski definition) is 0. The van der Waals surface area contributed by atoms with Crippen molar-refractivity contribution in [3.05, 3.63) is 41.9 Å². The van der Waals surface area contributed by atoms with E-state index in [1.54, 1.807) is 7.11 Å². The molecule has 2 rings (SSSR count). The fourth-order valence-corrected chi connectivity index (χ4v) is 2.02. The summed E-state index contributed by atoms with van der Waals surface area (Å²) in [5.74, 6) is 1.34. The third-order valence-electron chi connectivity index (χ3n) is 3.20. The lowest BCUT2D eigenvalue weighted by Gasteiger charge is -2.15. The van der Waals surface area contributed by atoms with E-state index in [1.807, 2.05) is 17.0 Å². The van der Waals surface area contributed by atoms with Crippen LogP contribution in [0, 0.1) is 0 Å². The van der Waals surface area contributed by atoms with Crippen LogP contribution in [-0.4, -0.2) is 30.1 Å². The van der Waals surface area contributed by atoms with Gasteiger partial charge in [-0.05, 0) is 38.0 Å². The van der Waals surface area contributed by atoms with Crippen molar-refractivity contribution in [3.63, 3.8) is 0 Å². The van der Waals surface area contributed by atoms with Crippen molar-refractivity contribution >= 4 is 0 Å². The van der Waals surface area contributed by atoms with E-state index in [2.05, 4.69) is 37.3 Å². The molecule has 4 heteroatoms. The summed E-state index contributed by atoms with van der Waals surface area (Å²) in [7, 11) is 1.68. The van der Waals surface area contributed by atoms with E-state index < -0.39 is 0 Å². The van der Waals surface area contributed by atoms with Crippen LogP contribution >= 0.6 is 0 Å². The molecule has 1 unspecified atom stereocenters. The molecule has 1 atom stereocenters. The van der Waals surface area contributed by atoms with Gasteiger partial charge in [-0.2, -0.15) is 5.10 Å². The van der Waals surface area contributed by atoms with Crippen LogP contribution in [0.5, 0.6) is 0 Å². The molecular weight excluding hydrogens is 240 g/mol. The molecule has 0 spiro atoms. The fourth-order valence-electron chi connectivity index (χ4n) is 2.02. The highest BCUT2D eigenvalue weighted by Crippen LogP contribution is 2.27. The third kappa shape index (κ3) is 3.70. The summed E-state index contributed by atoms with van der Waals surface area (Å²) < 4.78 is 12.5. The zero-order valence-corrected chi connectivity index (χ0v) is 11.9. The van der Waals surface area contributed by atoms with Gasteiger partial charge in [0.05, 0.1) is 12.8 Å². The van der Waals surface area contributed by atoms with Gasteiger partial charge in [0.2, 0.25) is 0 Å². The summed E-state index contributed by atoms with van der Waals surface area (Å²) in [6.45, 7) is 5.49. The lowest BCUT2D eigenvalue weighted by Crippen LogP contribution is -2.04. The van der Waals surface area contributed by atoms with Crippen LogP contribution in [0.1, 0.15) is 37.8 Å². The van der Waals surface area contributed by atoms with Gasteiger partial charge in [0.25, 0.3) is 0 Å². The zero-order valence-electron chi connectivity index (χ0n) is 11.9. The Bertz CT molecular complexity index is 460. The molecule has 0 aliphatic heterocycles. The summed E-state index contributed by atoms with van der Waals surface area (Å²) in [6, 6.07) is 0.407. The second kappa shape index (κ2) is 6.57. The largest absolute Gasteiger partial charge is 0.492 e. The van der Waals surface area contributed by atoms with Gasteiger partial charge in [0, 0.05) is 25.3 Å². The Morgan fingerprint density at radius 3 is 2.84 bits per heavy atom. The van der Waals surface area contributed by atoms with Crippen LogP contribution in [0.3, 0.4) is 0 Å². The van der Waals surface area contributed by atoms with Gasteiger partial charge in [-0.15, -0.1) is 0 Å². The molecule has 0 fully saturated rings. The number of aromatic nitrogens is 2. The van der Waals surface area contributed by atoms with Crippen LogP contribution in [0.4, 0.5) is 0 Å². The molecule has 0 aromatic carbocycles. The van der Waals surface area contributed by atoms with E-state index in [1.165, 1.54) is 5.56 Å². The standard InChI is InChI=1S/C15H22N2O2/c1-12(2)17-11-14(10-16-17)13-4-6-15(7-5-13)19-9-8-18-3/h4,6-7,10-13H,5,8-9H2,1-3H3. The Hall–Kier alpha value is -1.55. The van der Waals surface area contributed by atoms with Crippen molar-refractivity contribution < 1.29 is 9.47 Å². The first kappa shape index (κ1) is 13.9. The van der Waals surface area contributed by atoms with Crippen molar-refractivity contribution in [3.8, 4) is 0 Å². The summed E-state index contributed by atoms with van der Waals surface area (Å²) in [6.07, 6.45) is 11.4. The van der Waals surface area contributed by atoms with Gasteiger partial charge in [-0.3, -0.25) is 4.68 Å². The molecule has 1 aliphatic rings. The molecule has 1 aromatic rings. The number of allylic oxidation sites excluding steroid dienone is 3. The molecule has 0 N–H and O–H groups in total. The number of nitrogens with zero attached hydrogens (tertiary/aromatic N) is 2. The van der Waals surface area contributed by atoms with E-state index in [4.69, 9.17) is 9.47 Å². The van der Waals surface area contributed by atoms with Crippen molar-refractivity contribution in [2.45, 2.75) is 32.2 Å². The zero-order chi connectivity index (χ0) is 13.7. The average Bonchev–Trinajstić information content (AvgIpc) is 2.90. The summed E-state index contributed by atoms with van der Waals surface area (Å²) in [4.78, 5) is 0. The van der Waals surface area contributed by atoms with Crippen LogP contribution in [0.25, 0.3) is 0 Å². The highest BCUT2D eigenvalue weighted by molar-refractivity contribution is 5.28. The summed E-state index contributed by atoms with van der Waals surface area (Å²) >= 11 is 0. The first-order chi connectivity index (χ1) is 9.20. The SMILES string of the molecule is COCCOC1=CCC(c2cnn(C(C)C)c2)C=C1. The highest BCUT2D eigenvalue weighted by atomic mass is 16.5. The minimum absolute atomic E-state index is 0.405. The second-order valence-corrected chi connectivity index (χ2v) is 5.00. The van der Waals surface area contributed by atoms with Crippen LogP contribution < -0.4 is 0 Å². The lowest BCUT2D eigenvalue weighted by molar-refractivity contribution is 0.113. The quantitative estimate of drug-likeness (QED) is 0.739. The summed E-state index contributed by atoms with van der Waals surface area (Å²) in [5, 5.41) is 4.38. The van der Waals surface area contributed by atoms with Gasteiger partial charge in [0.15, 0.2) is 0 Å². The molecule has 1 aromatic heterocycles. The van der Waals surface area contributed by atoms with E-state index in [0.29, 0.717) is 25.2 Å². The highest BCUT2D eigenvalue weighted by Gasteiger charge is 2.14. The smallest absolute Gasteiger partial charge is 0.115 e. The predicted molar refractivity (Wildman–Crippen MR) is 75.0 cm³/mol. The van der Waals surface area contributed by atoms with Crippen molar-refractivity contribution in [1.82, 2.24) is 9.78 Å². The van der Waals surface area contributed by atoms with E-state index in [-0.39, 0.29) is 0 Å². The molecule has 0 amide bonds. The van der Waals surface area contributed by atoms with E-state index in [0.717, 1.165) is 12.2 Å². The molecular formula is C15H22N2O2. The van der Waals surface area contributed by atoms with Gasteiger partial charge >= 0.3 is 0 Å². The van der Waals surface area contributed by atoms with Crippen LogP contribution in [-0.2, 0) is 9.47 Å². The Morgan fingerprint density at radius 2 is 2.26 bits per heavy atom. The van der Waals surface area contributed by atoms with Crippen LogP contribution in [0.15, 0.2) is 36.4 Å². The normalized spacial score (nSPS) is 18.7. The third-order valence-corrected chi connectivity index (χ3v) is 3.20. The Labute approximate surface area is 114 Å². The predicted octanol–water partition coefficient (Wildman–Crippen LogP) is 3.05. The van der Waals surface area contributed by atoms with E-state index in [9.17, 15) is 0 Å². The van der Waals surface area contributed by atoms with Crippen molar-refractivity contribution in [1.29, 1.82) is 0 Å². The maximum atomic E-state index is 5.58. The average molecular weight is 262 g/mol. The second-order valence-electron chi connectivity index (χ2n) is 5.00. The van der Waals surface area contributed by atoms with Gasteiger partial charge in [-0.1, -0.05) is 6.08 Å². The number of methoxy groups -OCH3 is 1. The fraction of sp³-hybridized carbons (Fsp3) is 0.533. The Balaban J connectivity index is 1.90. The maximum absolute atomic E-state index is 5.58. The first-order valence-electron chi connectivity index (χ1n) is 6.75. The van der Waals surface area contributed by atoms with Crippen molar-refractivity contribution in [2.75, 3.05) is 20.3 Å². The van der Waals surface area contributed by atoms with Gasteiger partial charge in [0.1, 0.15) is 12.4 Å². The molecule has 0 saturated heterocycles. The topological polar surface area (TPSA) is 36.3 Å². The Morgan fingerprint density at radius 1 is 1.42 bits per heavy atom. The van der Waals surface area contributed by atoms with Crippen molar-refractivity contribution in [2.24, 2.45) is 0 Å². The Kier molecular flexibility index (Phi) is 4.80. The molecule has 1 aliphatic carbocycles. The molecule has 0 bridgehead atoms. The minimum atomic E-state index is 0.405. The lowest BCUT2D eigenvalue weighted by atomic mass is 9.94. The monoisotopic (exact) mass is 262 g/mol. The molecule has 104 valence electrons. The van der Waals surface area contributed by atoms with E-state index >= 15 is 0 Å². The minimum Gasteiger partial charge on any atom is -0.492 e. The first-order valence-corrected chi connectivity index (χ1v) is 6.75. The maximum Gasteiger partial charge on any atom is 0.115 e. The molecule has 0 saturated carbocycles.